The lowest BCUT2D eigenvalue weighted by atomic mass is 9.97. The zero-order valence-corrected chi connectivity index (χ0v) is 28.5. The number of hydrogen-bond acceptors (Lipinski definition) is 6. The summed E-state index contributed by atoms with van der Waals surface area (Å²) in [4.78, 5) is 43.0. The molecule has 0 radical (unpaired) electrons. The Morgan fingerprint density at radius 3 is 2.02 bits per heavy atom. The molecule has 1 aromatic heterocycles. The number of benzene rings is 2. The van der Waals surface area contributed by atoms with Crippen molar-refractivity contribution < 1.29 is 19.1 Å². The van der Waals surface area contributed by atoms with Crippen molar-refractivity contribution in [1.29, 1.82) is 0 Å². The van der Waals surface area contributed by atoms with Crippen LogP contribution in [0, 0.1) is 23.7 Å². The molecule has 4 fully saturated rings. The van der Waals surface area contributed by atoms with E-state index in [9.17, 15) is 9.59 Å². The van der Waals surface area contributed by atoms with E-state index in [0.717, 1.165) is 76.9 Å². The zero-order chi connectivity index (χ0) is 33.5. The first-order valence-electron chi connectivity index (χ1n) is 17.2. The standard InChI is InChI=1S/C39H43N5O4/c1-38(2,3)47-36(45)43-31-17-25(31)19-33(43)30-16-27(21-40-30)24-12-9-22(10-13-24)7-8-23-11-14-28-29(15-23)42-35(41-28)34-20-26-18-32(26)44(34)37(46)48-39(4,5)6/h9-15,21,25-26,31-34H,16-20H2,1-6H3,(H,41,42)/t25-,26-,31-,32-,33+,34+/m1/s1. The number of amides is 2. The van der Waals surface area contributed by atoms with Crippen LogP contribution in [0.3, 0.4) is 0 Å². The number of nitrogens with zero attached hydrogens (tertiary/aromatic N) is 4. The summed E-state index contributed by atoms with van der Waals surface area (Å²) in [5.41, 5.74) is 5.84. The monoisotopic (exact) mass is 645 g/mol. The summed E-state index contributed by atoms with van der Waals surface area (Å²) in [7, 11) is 0. The lowest BCUT2D eigenvalue weighted by Gasteiger charge is -2.30. The maximum Gasteiger partial charge on any atom is 0.411 e. The second kappa shape index (κ2) is 11.0. The molecule has 3 aliphatic heterocycles. The zero-order valence-electron chi connectivity index (χ0n) is 28.5. The molecule has 2 saturated carbocycles. The Hall–Kier alpha value is -4.58. The molecular formula is C39H43N5O4. The molecule has 2 aromatic carbocycles. The first-order chi connectivity index (χ1) is 22.8. The van der Waals surface area contributed by atoms with E-state index >= 15 is 0 Å². The molecule has 4 heterocycles. The highest BCUT2D eigenvalue weighted by Crippen LogP contribution is 2.53. The van der Waals surface area contributed by atoms with Crippen LogP contribution >= 0.6 is 0 Å². The lowest BCUT2D eigenvalue weighted by molar-refractivity contribution is 0.0173. The Bertz CT molecular complexity index is 1930. The van der Waals surface area contributed by atoms with E-state index in [-0.39, 0.29) is 36.4 Å². The molecule has 9 heteroatoms. The molecular weight excluding hydrogens is 602 g/mol. The number of carbonyl (C=O) groups excluding carboxylic acids is 2. The smallest absolute Gasteiger partial charge is 0.411 e. The Balaban J connectivity index is 0.917. The number of imidazole rings is 1. The van der Waals surface area contributed by atoms with Crippen LogP contribution in [-0.4, -0.2) is 67.0 Å². The van der Waals surface area contributed by atoms with Gasteiger partial charge in [0.25, 0.3) is 0 Å². The molecule has 2 saturated heterocycles. The van der Waals surface area contributed by atoms with Gasteiger partial charge in [0.1, 0.15) is 17.0 Å². The highest BCUT2D eigenvalue weighted by Gasteiger charge is 2.57. The van der Waals surface area contributed by atoms with Crippen molar-refractivity contribution >= 4 is 34.5 Å². The molecule has 248 valence electrons. The molecule has 0 unspecified atom stereocenters. The van der Waals surface area contributed by atoms with Gasteiger partial charge in [-0.15, -0.1) is 0 Å². The summed E-state index contributed by atoms with van der Waals surface area (Å²) in [6, 6.07) is 14.7. The number of allylic oxidation sites excluding steroid dienone is 1. The van der Waals surface area contributed by atoms with Crippen LogP contribution in [0.15, 0.2) is 53.7 Å². The second-order valence-corrected chi connectivity index (χ2v) is 16.0. The first kappa shape index (κ1) is 30.7. The SMILES string of the molecule is CC(C)(C)OC(=O)N1[C@@H]2C[C@@H]2C[C@H]1C1=NC=C(c2ccc(C#Cc3ccc4nc([C@@H]5C[C@H]6C[C@H]6N5C(=O)OC(C)(C)C)[nH]c4c3)cc2)C1. The third-order valence-electron chi connectivity index (χ3n) is 9.98. The van der Waals surface area contributed by atoms with Crippen LogP contribution in [0.25, 0.3) is 16.6 Å². The second-order valence-electron chi connectivity index (χ2n) is 16.0. The molecule has 1 N–H and O–H groups in total. The minimum absolute atomic E-state index is 0.0125. The fourth-order valence-electron chi connectivity index (χ4n) is 7.61. The van der Waals surface area contributed by atoms with Gasteiger partial charge in [-0.25, -0.2) is 14.6 Å². The highest BCUT2D eigenvalue weighted by molar-refractivity contribution is 6.03. The molecule has 48 heavy (non-hydrogen) atoms. The van der Waals surface area contributed by atoms with E-state index < -0.39 is 11.2 Å². The minimum Gasteiger partial charge on any atom is -0.444 e. The van der Waals surface area contributed by atoms with Crippen molar-refractivity contribution in [2.24, 2.45) is 16.8 Å². The van der Waals surface area contributed by atoms with Crippen molar-refractivity contribution in [3.05, 3.63) is 71.2 Å². The molecule has 0 spiro atoms. The minimum atomic E-state index is -0.537. The largest absolute Gasteiger partial charge is 0.444 e. The number of H-pyrrole nitrogens is 1. The summed E-state index contributed by atoms with van der Waals surface area (Å²) in [5.74, 6) is 8.50. The molecule has 2 aliphatic carbocycles. The number of fused-ring (bicyclic) bond motifs is 3. The normalized spacial score (nSPS) is 27.1. The van der Waals surface area contributed by atoms with Gasteiger partial charge in [0, 0.05) is 41.5 Å². The number of aromatic amines is 1. The molecule has 8 rings (SSSR count). The number of rotatable bonds is 3. The summed E-state index contributed by atoms with van der Waals surface area (Å²) < 4.78 is 11.5. The van der Waals surface area contributed by atoms with Crippen LogP contribution in [0.4, 0.5) is 9.59 Å². The van der Waals surface area contributed by atoms with Gasteiger partial charge in [0.2, 0.25) is 0 Å². The summed E-state index contributed by atoms with van der Waals surface area (Å²) in [6.45, 7) is 11.4. The number of aliphatic imine (C=N–C) groups is 1. The van der Waals surface area contributed by atoms with Gasteiger partial charge in [-0.05, 0) is 121 Å². The summed E-state index contributed by atoms with van der Waals surface area (Å²) in [5, 5.41) is 0. The molecule has 6 atom stereocenters. The number of piperidine rings is 2. The average Bonchev–Trinajstić information content (AvgIpc) is 3.64. The third-order valence-corrected chi connectivity index (χ3v) is 9.98. The average molecular weight is 646 g/mol. The van der Waals surface area contributed by atoms with Crippen LogP contribution in [0.1, 0.15) is 102 Å². The molecule has 5 aliphatic rings. The highest BCUT2D eigenvalue weighted by atomic mass is 16.6. The molecule has 9 nitrogen and oxygen atoms in total. The van der Waals surface area contributed by atoms with Crippen molar-refractivity contribution in [2.75, 3.05) is 0 Å². The van der Waals surface area contributed by atoms with Gasteiger partial charge < -0.3 is 14.5 Å². The molecule has 2 amide bonds. The third kappa shape index (κ3) is 5.98. The predicted octanol–water partition coefficient (Wildman–Crippen LogP) is 7.62. The molecule has 3 aromatic rings. The van der Waals surface area contributed by atoms with E-state index in [1.54, 1.807) is 0 Å². The Morgan fingerprint density at radius 1 is 0.792 bits per heavy atom. The van der Waals surface area contributed by atoms with Gasteiger partial charge in [0.05, 0.1) is 23.1 Å². The maximum atomic E-state index is 13.0. The van der Waals surface area contributed by atoms with E-state index in [1.165, 1.54) is 0 Å². The van der Waals surface area contributed by atoms with Gasteiger partial charge in [-0.1, -0.05) is 24.0 Å². The van der Waals surface area contributed by atoms with Gasteiger partial charge in [-0.3, -0.25) is 14.8 Å². The van der Waals surface area contributed by atoms with E-state index in [0.29, 0.717) is 11.8 Å². The fraction of sp³-hybridized carbons (Fsp3) is 0.487. The molecule has 0 bridgehead atoms. The Labute approximate surface area is 281 Å². The number of ether oxygens (including phenoxy) is 2. The van der Waals surface area contributed by atoms with Gasteiger partial charge in [0.15, 0.2) is 0 Å². The summed E-state index contributed by atoms with van der Waals surface area (Å²) >= 11 is 0. The van der Waals surface area contributed by atoms with Crippen LogP contribution in [-0.2, 0) is 9.47 Å². The van der Waals surface area contributed by atoms with Crippen molar-refractivity contribution in [3.63, 3.8) is 0 Å². The van der Waals surface area contributed by atoms with E-state index in [4.69, 9.17) is 19.5 Å². The fourth-order valence-corrected chi connectivity index (χ4v) is 7.61. The number of carbonyl (C=O) groups is 2. The number of nitrogens with one attached hydrogen (secondary N) is 1. The Morgan fingerprint density at radius 2 is 1.38 bits per heavy atom. The van der Waals surface area contributed by atoms with E-state index in [2.05, 4.69) is 29.0 Å². The van der Waals surface area contributed by atoms with Crippen LogP contribution in [0.5, 0.6) is 0 Å². The number of hydrogen-bond donors (Lipinski definition) is 1. The summed E-state index contributed by atoms with van der Waals surface area (Å²) in [6.07, 6.45) is 6.18. The Kier molecular flexibility index (Phi) is 7.03. The number of likely N-dealkylation sites (tertiary alicyclic amines) is 2. The predicted molar refractivity (Wildman–Crippen MR) is 184 cm³/mol. The van der Waals surface area contributed by atoms with Crippen LogP contribution in [0.2, 0.25) is 0 Å². The van der Waals surface area contributed by atoms with Crippen LogP contribution < -0.4 is 0 Å². The van der Waals surface area contributed by atoms with Gasteiger partial charge in [-0.2, -0.15) is 0 Å². The van der Waals surface area contributed by atoms with Crippen molar-refractivity contribution in [2.45, 2.75) is 109 Å². The van der Waals surface area contributed by atoms with E-state index in [1.807, 2.05) is 87.9 Å². The van der Waals surface area contributed by atoms with Gasteiger partial charge >= 0.3 is 12.2 Å². The quantitative estimate of drug-likeness (QED) is 0.296. The number of aromatic nitrogens is 2. The topological polar surface area (TPSA) is 100 Å². The lowest BCUT2D eigenvalue weighted by Crippen LogP contribution is -2.45. The first-order valence-corrected chi connectivity index (χ1v) is 17.2. The maximum absolute atomic E-state index is 13.0. The van der Waals surface area contributed by atoms with Crippen molar-refractivity contribution in [3.8, 4) is 11.8 Å². The van der Waals surface area contributed by atoms with Crippen molar-refractivity contribution in [1.82, 2.24) is 19.8 Å².